The van der Waals surface area contributed by atoms with Crippen molar-refractivity contribution in [2.24, 2.45) is 0 Å². The average molecular weight is 323 g/mol. The van der Waals surface area contributed by atoms with Gasteiger partial charge in [0.05, 0.1) is 11.6 Å². The van der Waals surface area contributed by atoms with Crippen LogP contribution >= 0.6 is 27.5 Å². The summed E-state index contributed by atoms with van der Waals surface area (Å²) in [4.78, 5) is 22.2. The predicted octanol–water partition coefficient (Wildman–Crippen LogP) is 1.28. The molecule has 7 heteroatoms. The normalized spacial score (nSPS) is 11.9. The molecule has 0 aliphatic rings. The molecule has 0 saturated heterocycles. The number of carboxylic acid groups (broad SMARTS) is 1. The summed E-state index contributed by atoms with van der Waals surface area (Å²) in [6, 6.07) is 3.13. The lowest BCUT2D eigenvalue weighted by Crippen LogP contribution is -2.43. The van der Waals surface area contributed by atoms with Crippen molar-refractivity contribution < 1.29 is 19.8 Å². The van der Waals surface area contributed by atoms with E-state index in [9.17, 15) is 9.59 Å². The van der Waals surface area contributed by atoms with Crippen molar-refractivity contribution >= 4 is 39.4 Å². The number of rotatable bonds is 4. The van der Waals surface area contributed by atoms with Gasteiger partial charge in [-0.2, -0.15) is 0 Å². The average Bonchev–Trinajstić information content (AvgIpc) is 2.28. The van der Waals surface area contributed by atoms with Crippen LogP contribution in [-0.2, 0) is 4.79 Å². The van der Waals surface area contributed by atoms with Gasteiger partial charge in [0.2, 0.25) is 0 Å². The molecule has 0 aromatic heterocycles. The number of hydrogen-bond acceptors (Lipinski definition) is 3. The lowest BCUT2D eigenvalue weighted by atomic mass is 10.2. The Hall–Kier alpha value is -1.11. The van der Waals surface area contributed by atoms with Crippen LogP contribution in [0.5, 0.6) is 0 Å². The SMILES string of the molecule is O=C(N[C@H](CO)C(=O)O)c1ccc(Br)c(Cl)c1. The molecule has 0 radical (unpaired) electrons. The molecule has 92 valence electrons. The van der Waals surface area contributed by atoms with Crippen molar-refractivity contribution in [3.63, 3.8) is 0 Å². The van der Waals surface area contributed by atoms with Crippen molar-refractivity contribution in [1.29, 1.82) is 0 Å². The first kappa shape index (κ1) is 14.0. The van der Waals surface area contributed by atoms with Crippen molar-refractivity contribution in [2.45, 2.75) is 6.04 Å². The lowest BCUT2D eigenvalue weighted by Gasteiger charge is -2.11. The summed E-state index contributed by atoms with van der Waals surface area (Å²) < 4.78 is 0.632. The Labute approximate surface area is 111 Å². The Morgan fingerprint density at radius 2 is 2.12 bits per heavy atom. The molecule has 0 spiro atoms. The number of carbonyl (C=O) groups is 2. The quantitative estimate of drug-likeness (QED) is 0.779. The van der Waals surface area contributed by atoms with E-state index in [0.717, 1.165) is 0 Å². The summed E-state index contributed by atoms with van der Waals surface area (Å²) in [5.41, 5.74) is 0.220. The van der Waals surface area contributed by atoms with E-state index in [-0.39, 0.29) is 5.56 Å². The van der Waals surface area contributed by atoms with Crippen LogP contribution in [-0.4, -0.2) is 34.7 Å². The third-order valence-electron chi connectivity index (χ3n) is 1.97. The third-order valence-corrected chi connectivity index (χ3v) is 3.20. The van der Waals surface area contributed by atoms with Crippen LogP contribution < -0.4 is 5.32 Å². The monoisotopic (exact) mass is 321 g/mol. The predicted molar refractivity (Wildman–Crippen MR) is 65.1 cm³/mol. The zero-order valence-corrected chi connectivity index (χ0v) is 10.8. The highest BCUT2D eigenvalue weighted by atomic mass is 79.9. The number of aliphatic hydroxyl groups is 1. The minimum absolute atomic E-state index is 0.220. The second kappa shape index (κ2) is 6.00. The molecule has 0 unspecified atom stereocenters. The smallest absolute Gasteiger partial charge is 0.328 e. The van der Waals surface area contributed by atoms with Gasteiger partial charge in [-0.05, 0) is 34.1 Å². The third kappa shape index (κ3) is 3.69. The number of hydrogen-bond donors (Lipinski definition) is 3. The standard InChI is InChI=1S/C10H9BrClNO4/c11-6-2-1-5(3-7(6)12)9(15)13-8(4-14)10(16)17/h1-3,8,14H,4H2,(H,13,15)(H,16,17)/t8-/m1/s1. The summed E-state index contributed by atoms with van der Waals surface area (Å²) >= 11 is 8.97. The number of carbonyl (C=O) groups excluding carboxylic acids is 1. The van der Waals surface area contributed by atoms with Crippen LogP contribution in [0, 0.1) is 0 Å². The van der Waals surface area contributed by atoms with Crippen molar-refractivity contribution in [3.05, 3.63) is 33.3 Å². The van der Waals surface area contributed by atoms with E-state index in [0.29, 0.717) is 9.50 Å². The molecule has 0 aliphatic heterocycles. The Bertz CT molecular complexity index is 452. The number of aliphatic hydroxyl groups excluding tert-OH is 1. The number of aliphatic carboxylic acids is 1. The van der Waals surface area contributed by atoms with Crippen LogP contribution in [0.1, 0.15) is 10.4 Å². The fourth-order valence-electron chi connectivity index (χ4n) is 1.06. The first-order valence-corrected chi connectivity index (χ1v) is 5.72. The molecule has 0 aliphatic carbocycles. The molecule has 1 aromatic rings. The largest absolute Gasteiger partial charge is 0.480 e. The summed E-state index contributed by atoms with van der Waals surface area (Å²) in [6.07, 6.45) is 0. The highest BCUT2D eigenvalue weighted by molar-refractivity contribution is 9.10. The minimum atomic E-state index is -1.33. The maximum absolute atomic E-state index is 11.6. The molecule has 5 nitrogen and oxygen atoms in total. The number of nitrogens with one attached hydrogen (secondary N) is 1. The molecule has 1 aromatic carbocycles. The van der Waals surface area contributed by atoms with Gasteiger partial charge in [-0.25, -0.2) is 4.79 Å². The van der Waals surface area contributed by atoms with E-state index in [1.807, 2.05) is 0 Å². The number of amides is 1. The molecule has 3 N–H and O–H groups in total. The van der Waals surface area contributed by atoms with Gasteiger partial charge in [0.1, 0.15) is 0 Å². The summed E-state index contributed by atoms with van der Waals surface area (Å²) in [5.74, 6) is -1.91. The fourth-order valence-corrected chi connectivity index (χ4v) is 1.49. The Morgan fingerprint density at radius 3 is 2.59 bits per heavy atom. The second-order valence-corrected chi connectivity index (χ2v) is 4.44. The minimum Gasteiger partial charge on any atom is -0.480 e. The van der Waals surface area contributed by atoms with Gasteiger partial charge in [0, 0.05) is 10.0 Å². The summed E-state index contributed by atoms with van der Waals surface area (Å²) in [7, 11) is 0. The number of halogens is 2. The second-order valence-electron chi connectivity index (χ2n) is 3.18. The van der Waals surface area contributed by atoms with Crippen molar-refractivity contribution in [3.8, 4) is 0 Å². The van der Waals surface area contributed by atoms with Gasteiger partial charge in [-0.3, -0.25) is 4.79 Å². The van der Waals surface area contributed by atoms with Crippen molar-refractivity contribution in [2.75, 3.05) is 6.61 Å². The van der Waals surface area contributed by atoms with Gasteiger partial charge in [0.25, 0.3) is 5.91 Å². The van der Waals surface area contributed by atoms with Gasteiger partial charge in [-0.1, -0.05) is 11.6 Å². The topological polar surface area (TPSA) is 86.6 Å². The highest BCUT2D eigenvalue weighted by Crippen LogP contribution is 2.23. The number of benzene rings is 1. The molecule has 1 atom stereocenters. The molecule has 1 rings (SSSR count). The van der Waals surface area contributed by atoms with Crippen LogP contribution in [0.25, 0.3) is 0 Å². The van der Waals surface area contributed by atoms with Crippen LogP contribution in [0.3, 0.4) is 0 Å². The molecule has 0 saturated carbocycles. The molecular formula is C10H9BrClNO4. The molecule has 1 amide bonds. The molecule has 0 bridgehead atoms. The maximum atomic E-state index is 11.6. The summed E-state index contributed by atoms with van der Waals surface area (Å²) in [5, 5.41) is 19.9. The molecule has 17 heavy (non-hydrogen) atoms. The highest BCUT2D eigenvalue weighted by Gasteiger charge is 2.19. The van der Waals surface area contributed by atoms with Crippen LogP contribution in [0.15, 0.2) is 22.7 Å². The van der Waals surface area contributed by atoms with E-state index in [2.05, 4.69) is 21.2 Å². The maximum Gasteiger partial charge on any atom is 0.328 e. The van der Waals surface area contributed by atoms with E-state index >= 15 is 0 Å². The molecule has 0 heterocycles. The first-order valence-electron chi connectivity index (χ1n) is 4.55. The van der Waals surface area contributed by atoms with Gasteiger partial charge in [-0.15, -0.1) is 0 Å². The zero-order valence-electron chi connectivity index (χ0n) is 8.48. The Balaban J connectivity index is 2.82. The van der Waals surface area contributed by atoms with Gasteiger partial charge >= 0.3 is 5.97 Å². The van der Waals surface area contributed by atoms with Crippen LogP contribution in [0.4, 0.5) is 0 Å². The Kier molecular flexibility index (Phi) is 4.92. The Morgan fingerprint density at radius 1 is 1.47 bits per heavy atom. The first-order chi connectivity index (χ1) is 7.95. The molecule has 0 fully saturated rings. The zero-order chi connectivity index (χ0) is 13.0. The van der Waals surface area contributed by atoms with Gasteiger partial charge in [0.15, 0.2) is 6.04 Å². The lowest BCUT2D eigenvalue weighted by molar-refractivity contribution is -0.140. The number of carboxylic acids is 1. The van der Waals surface area contributed by atoms with Crippen molar-refractivity contribution in [1.82, 2.24) is 5.32 Å². The van der Waals surface area contributed by atoms with E-state index < -0.39 is 24.5 Å². The van der Waals surface area contributed by atoms with Crippen LogP contribution in [0.2, 0.25) is 5.02 Å². The van der Waals surface area contributed by atoms with E-state index in [1.165, 1.54) is 12.1 Å². The van der Waals surface area contributed by atoms with E-state index in [1.54, 1.807) is 6.07 Å². The van der Waals surface area contributed by atoms with E-state index in [4.69, 9.17) is 21.8 Å². The van der Waals surface area contributed by atoms with Gasteiger partial charge < -0.3 is 15.5 Å². The molecular weight excluding hydrogens is 313 g/mol. The summed E-state index contributed by atoms with van der Waals surface area (Å²) in [6.45, 7) is -0.675. The fraction of sp³-hybridized carbons (Fsp3) is 0.200.